The maximum absolute atomic E-state index is 10.7. The summed E-state index contributed by atoms with van der Waals surface area (Å²) < 4.78 is 0. The highest BCUT2D eigenvalue weighted by molar-refractivity contribution is 5.66. The molecule has 5 heteroatoms. The van der Waals surface area contributed by atoms with Crippen LogP contribution < -0.4 is 5.32 Å². The number of piperidine rings is 1. The fourth-order valence-corrected chi connectivity index (χ4v) is 3.71. The van der Waals surface area contributed by atoms with Gasteiger partial charge in [0.25, 0.3) is 0 Å². The van der Waals surface area contributed by atoms with Crippen molar-refractivity contribution >= 4 is 5.97 Å². The number of nitrogens with zero attached hydrogens (tertiary/aromatic N) is 1. The number of nitrogens with one attached hydrogen (secondary N) is 1. The molecule has 5 nitrogen and oxygen atoms in total. The summed E-state index contributed by atoms with van der Waals surface area (Å²) in [7, 11) is 0. The molecule has 1 aliphatic carbocycles. The lowest BCUT2D eigenvalue weighted by Crippen LogP contribution is -2.52. The Hall–Kier alpha value is -0.650. The number of carboxylic acids is 1. The van der Waals surface area contributed by atoms with E-state index in [1.807, 2.05) is 6.92 Å². The summed E-state index contributed by atoms with van der Waals surface area (Å²) in [5.74, 6) is 0.308. The van der Waals surface area contributed by atoms with Crippen molar-refractivity contribution in [3.63, 3.8) is 0 Å². The number of rotatable bonds is 7. The van der Waals surface area contributed by atoms with Gasteiger partial charge in [0.15, 0.2) is 0 Å². The topological polar surface area (TPSA) is 72.8 Å². The van der Waals surface area contributed by atoms with Gasteiger partial charge in [-0.05, 0) is 44.6 Å². The van der Waals surface area contributed by atoms with Crippen molar-refractivity contribution in [1.82, 2.24) is 10.2 Å². The summed E-state index contributed by atoms with van der Waals surface area (Å²) in [6.07, 6.45) is 6.24. The average molecular weight is 298 g/mol. The van der Waals surface area contributed by atoms with Crippen LogP contribution in [0, 0.1) is 11.8 Å². The molecule has 2 fully saturated rings. The van der Waals surface area contributed by atoms with Gasteiger partial charge in [0.1, 0.15) is 0 Å². The number of aliphatic hydroxyl groups is 1. The van der Waals surface area contributed by atoms with E-state index < -0.39 is 5.97 Å². The smallest absolute Gasteiger partial charge is 0.304 e. The van der Waals surface area contributed by atoms with Crippen LogP contribution in [-0.4, -0.2) is 59.4 Å². The van der Waals surface area contributed by atoms with E-state index in [2.05, 4.69) is 10.2 Å². The number of likely N-dealkylation sites (tertiary alicyclic amines) is 1. The van der Waals surface area contributed by atoms with Crippen molar-refractivity contribution in [3.05, 3.63) is 0 Å². The minimum atomic E-state index is -0.746. The maximum Gasteiger partial charge on any atom is 0.304 e. The van der Waals surface area contributed by atoms with Crippen molar-refractivity contribution in [1.29, 1.82) is 0 Å². The molecule has 122 valence electrons. The van der Waals surface area contributed by atoms with Crippen LogP contribution in [0.15, 0.2) is 0 Å². The van der Waals surface area contributed by atoms with E-state index in [0.29, 0.717) is 12.6 Å². The van der Waals surface area contributed by atoms with Crippen LogP contribution in [0.4, 0.5) is 0 Å². The quantitative estimate of drug-likeness (QED) is 0.661. The summed E-state index contributed by atoms with van der Waals surface area (Å²) in [5, 5.41) is 22.4. The normalized spacial score (nSPS) is 29.6. The molecule has 3 atom stereocenters. The number of hydrogen-bond donors (Lipinski definition) is 3. The first-order valence-corrected chi connectivity index (χ1v) is 8.40. The molecule has 0 aromatic heterocycles. The lowest BCUT2D eigenvalue weighted by molar-refractivity contribution is -0.137. The second kappa shape index (κ2) is 8.11. The third-order valence-electron chi connectivity index (χ3n) is 5.05. The maximum atomic E-state index is 10.7. The Balaban J connectivity index is 1.81. The van der Waals surface area contributed by atoms with Gasteiger partial charge in [0, 0.05) is 25.7 Å². The predicted molar refractivity (Wildman–Crippen MR) is 82.2 cm³/mol. The van der Waals surface area contributed by atoms with Gasteiger partial charge in [-0.2, -0.15) is 0 Å². The van der Waals surface area contributed by atoms with E-state index in [1.54, 1.807) is 0 Å². The van der Waals surface area contributed by atoms with E-state index in [9.17, 15) is 9.90 Å². The monoisotopic (exact) mass is 298 g/mol. The van der Waals surface area contributed by atoms with Gasteiger partial charge >= 0.3 is 5.97 Å². The van der Waals surface area contributed by atoms with Crippen molar-refractivity contribution in [2.75, 3.05) is 26.2 Å². The molecule has 0 aromatic rings. The van der Waals surface area contributed by atoms with Crippen LogP contribution in [0.1, 0.15) is 45.4 Å². The van der Waals surface area contributed by atoms with Crippen molar-refractivity contribution in [2.45, 2.75) is 57.6 Å². The standard InChI is InChI=1S/C16H30N2O3/c1-12(19)14-8-15(17-9-13-4-2-3-5-13)11-18(10-14)7-6-16(20)21/h12-15,17,19H,2-11H2,1H3,(H,20,21). The third-order valence-corrected chi connectivity index (χ3v) is 5.05. The van der Waals surface area contributed by atoms with Crippen molar-refractivity contribution in [2.24, 2.45) is 11.8 Å². The summed E-state index contributed by atoms with van der Waals surface area (Å²) in [6.45, 7) is 5.22. The molecule has 1 heterocycles. The van der Waals surface area contributed by atoms with Crippen LogP contribution >= 0.6 is 0 Å². The number of carbonyl (C=O) groups is 1. The summed E-state index contributed by atoms with van der Waals surface area (Å²) >= 11 is 0. The Morgan fingerprint density at radius 2 is 2.05 bits per heavy atom. The lowest BCUT2D eigenvalue weighted by Gasteiger charge is -2.39. The number of carboxylic acid groups (broad SMARTS) is 1. The molecule has 1 saturated carbocycles. The summed E-state index contributed by atoms with van der Waals surface area (Å²) in [4.78, 5) is 12.9. The van der Waals surface area contributed by atoms with Gasteiger partial charge < -0.3 is 20.4 Å². The van der Waals surface area contributed by atoms with Crippen LogP contribution in [0.3, 0.4) is 0 Å². The number of aliphatic carboxylic acids is 1. The van der Waals surface area contributed by atoms with E-state index >= 15 is 0 Å². The molecule has 0 aromatic carbocycles. The van der Waals surface area contributed by atoms with Crippen molar-refractivity contribution in [3.8, 4) is 0 Å². The molecule has 0 bridgehead atoms. The molecule has 3 unspecified atom stereocenters. The van der Waals surface area contributed by atoms with Crippen LogP contribution in [0.5, 0.6) is 0 Å². The second-order valence-electron chi connectivity index (χ2n) is 6.90. The minimum Gasteiger partial charge on any atom is -0.481 e. The largest absolute Gasteiger partial charge is 0.481 e. The fraction of sp³-hybridized carbons (Fsp3) is 0.938. The molecule has 21 heavy (non-hydrogen) atoms. The van der Waals surface area contributed by atoms with Crippen molar-refractivity contribution < 1.29 is 15.0 Å². The number of aliphatic hydroxyl groups excluding tert-OH is 1. The number of hydrogen-bond acceptors (Lipinski definition) is 4. The fourth-order valence-electron chi connectivity index (χ4n) is 3.71. The van der Waals surface area contributed by atoms with Gasteiger partial charge in [0.2, 0.25) is 0 Å². The molecule has 1 saturated heterocycles. The molecule has 2 rings (SSSR count). The molecule has 1 aliphatic heterocycles. The Bertz CT molecular complexity index is 329. The highest BCUT2D eigenvalue weighted by atomic mass is 16.4. The second-order valence-corrected chi connectivity index (χ2v) is 6.90. The van der Waals surface area contributed by atoms with E-state index in [1.165, 1.54) is 25.7 Å². The first-order valence-electron chi connectivity index (χ1n) is 8.40. The summed E-state index contributed by atoms with van der Waals surface area (Å²) in [6, 6.07) is 0.382. The first-order chi connectivity index (χ1) is 10.0. The average Bonchev–Trinajstić information content (AvgIpc) is 2.96. The van der Waals surface area contributed by atoms with Gasteiger partial charge in [-0.3, -0.25) is 4.79 Å². The Morgan fingerprint density at radius 3 is 2.67 bits per heavy atom. The van der Waals surface area contributed by atoms with Crippen LogP contribution in [-0.2, 0) is 4.79 Å². The Labute approximate surface area is 127 Å². The van der Waals surface area contributed by atoms with Gasteiger partial charge in [-0.25, -0.2) is 0 Å². The van der Waals surface area contributed by atoms with Crippen LogP contribution in [0.25, 0.3) is 0 Å². The molecular formula is C16H30N2O3. The van der Waals surface area contributed by atoms with E-state index in [0.717, 1.165) is 32.0 Å². The van der Waals surface area contributed by atoms with Gasteiger partial charge in [-0.15, -0.1) is 0 Å². The molecule has 0 spiro atoms. The Kier molecular flexibility index (Phi) is 6.45. The zero-order valence-electron chi connectivity index (χ0n) is 13.1. The Morgan fingerprint density at radius 1 is 1.33 bits per heavy atom. The van der Waals surface area contributed by atoms with E-state index in [4.69, 9.17) is 5.11 Å². The molecule has 0 radical (unpaired) electrons. The molecular weight excluding hydrogens is 268 g/mol. The lowest BCUT2D eigenvalue weighted by atomic mass is 9.89. The van der Waals surface area contributed by atoms with Gasteiger partial charge in [0.05, 0.1) is 12.5 Å². The van der Waals surface area contributed by atoms with Gasteiger partial charge in [-0.1, -0.05) is 12.8 Å². The third kappa shape index (κ3) is 5.57. The van der Waals surface area contributed by atoms with Crippen LogP contribution in [0.2, 0.25) is 0 Å². The molecule has 0 amide bonds. The molecule has 2 aliphatic rings. The zero-order valence-corrected chi connectivity index (χ0v) is 13.1. The highest BCUT2D eigenvalue weighted by Crippen LogP contribution is 2.25. The molecule has 3 N–H and O–H groups in total. The highest BCUT2D eigenvalue weighted by Gasteiger charge is 2.30. The van der Waals surface area contributed by atoms with E-state index in [-0.39, 0.29) is 18.4 Å². The predicted octanol–water partition coefficient (Wildman–Crippen LogP) is 1.31. The first kappa shape index (κ1) is 16.7. The SMILES string of the molecule is CC(O)C1CC(NCC2CCCC2)CN(CCC(=O)O)C1. The summed E-state index contributed by atoms with van der Waals surface area (Å²) in [5.41, 5.74) is 0. The minimum absolute atomic E-state index is 0.182. The zero-order chi connectivity index (χ0) is 15.2.